The molecule has 1 N–H and O–H groups in total. The summed E-state index contributed by atoms with van der Waals surface area (Å²) in [5.41, 5.74) is -0.928. The molecular formula is C14H19ClFNO3S. The summed E-state index contributed by atoms with van der Waals surface area (Å²) in [6.07, 6.45) is 1.26. The first-order valence-corrected chi connectivity index (χ1v) is 8.57. The molecule has 0 spiro atoms. The van der Waals surface area contributed by atoms with E-state index in [-0.39, 0.29) is 15.5 Å². The van der Waals surface area contributed by atoms with Crippen molar-refractivity contribution in [2.24, 2.45) is 0 Å². The van der Waals surface area contributed by atoms with Crippen molar-refractivity contribution in [1.29, 1.82) is 0 Å². The number of nitrogens with zero attached hydrogens (tertiary/aromatic N) is 1. The van der Waals surface area contributed by atoms with Gasteiger partial charge in [-0.25, -0.2) is 12.8 Å². The Labute approximate surface area is 129 Å². The molecule has 1 fully saturated rings. The lowest BCUT2D eigenvalue weighted by molar-refractivity contribution is 0.0215. The van der Waals surface area contributed by atoms with E-state index in [1.54, 1.807) is 13.8 Å². The van der Waals surface area contributed by atoms with Gasteiger partial charge in [0.2, 0.25) is 10.0 Å². The standard InChI is InChI=1S/C14H19ClFNO3S/c1-9-7-12(10(15)8-11(9)16)21(19,20)17-6-4-5-13(17)14(2,3)18/h7-8,13,18H,4-6H2,1-3H3. The zero-order valence-electron chi connectivity index (χ0n) is 12.2. The molecule has 2 rings (SSSR count). The SMILES string of the molecule is Cc1cc(S(=O)(=O)N2CCCC2C(C)(C)O)c(Cl)cc1F. The van der Waals surface area contributed by atoms with Gasteiger partial charge in [0.05, 0.1) is 16.7 Å². The fourth-order valence-electron chi connectivity index (χ4n) is 2.69. The van der Waals surface area contributed by atoms with Gasteiger partial charge in [-0.05, 0) is 51.3 Å². The third-order valence-electron chi connectivity index (χ3n) is 3.82. The molecule has 0 bridgehead atoms. The second-order valence-corrected chi connectivity index (χ2v) is 8.23. The van der Waals surface area contributed by atoms with E-state index in [1.165, 1.54) is 17.3 Å². The predicted octanol–water partition coefficient (Wildman–Crippen LogP) is 2.71. The Bertz CT molecular complexity index is 655. The van der Waals surface area contributed by atoms with Crippen LogP contribution in [0.3, 0.4) is 0 Å². The first kappa shape index (κ1) is 16.7. The maximum absolute atomic E-state index is 13.5. The van der Waals surface area contributed by atoms with E-state index < -0.39 is 27.5 Å². The maximum atomic E-state index is 13.5. The molecule has 21 heavy (non-hydrogen) atoms. The molecule has 0 radical (unpaired) electrons. The molecule has 1 unspecified atom stereocenters. The summed E-state index contributed by atoms with van der Waals surface area (Å²) >= 11 is 5.92. The monoisotopic (exact) mass is 335 g/mol. The van der Waals surface area contributed by atoms with E-state index in [1.807, 2.05) is 0 Å². The summed E-state index contributed by atoms with van der Waals surface area (Å²) in [7, 11) is -3.87. The Hall–Kier alpha value is -0.690. The van der Waals surface area contributed by atoms with Crippen molar-refractivity contribution in [1.82, 2.24) is 4.31 Å². The van der Waals surface area contributed by atoms with E-state index in [0.717, 1.165) is 6.07 Å². The van der Waals surface area contributed by atoms with Crippen molar-refractivity contribution >= 4 is 21.6 Å². The van der Waals surface area contributed by atoms with Crippen molar-refractivity contribution in [3.05, 3.63) is 28.5 Å². The molecule has 1 aliphatic rings. The molecule has 118 valence electrons. The Morgan fingerprint density at radius 1 is 1.43 bits per heavy atom. The number of aryl methyl sites for hydroxylation is 1. The van der Waals surface area contributed by atoms with Crippen molar-refractivity contribution in [2.45, 2.75) is 50.2 Å². The average molecular weight is 336 g/mol. The first-order chi connectivity index (χ1) is 9.55. The van der Waals surface area contributed by atoms with Crippen molar-refractivity contribution in [3.8, 4) is 0 Å². The van der Waals surface area contributed by atoms with Crippen LogP contribution in [0.2, 0.25) is 5.02 Å². The smallest absolute Gasteiger partial charge is 0.244 e. The van der Waals surface area contributed by atoms with Gasteiger partial charge in [0.15, 0.2) is 0 Å². The predicted molar refractivity (Wildman–Crippen MR) is 79.4 cm³/mol. The molecule has 1 aromatic rings. The third kappa shape index (κ3) is 3.08. The van der Waals surface area contributed by atoms with Crippen LogP contribution in [0.25, 0.3) is 0 Å². The van der Waals surface area contributed by atoms with Gasteiger partial charge in [0, 0.05) is 6.54 Å². The Morgan fingerprint density at radius 3 is 2.62 bits per heavy atom. The van der Waals surface area contributed by atoms with Crippen molar-refractivity contribution < 1.29 is 17.9 Å². The number of hydrogen-bond donors (Lipinski definition) is 1. The van der Waals surface area contributed by atoms with Crippen LogP contribution >= 0.6 is 11.6 Å². The quantitative estimate of drug-likeness (QED) is 0.924. The highest BCUT2D eigenvalue weighted by Gasteiger charge is 2.43. The van der Waals surface area contributed by atoms with Gasteiger partial charge >= 0.3 is 0 Å². The highest BCUT2D eigenvalue weighted by molar-refractivity contribution is 7.89. The van der Waals surface area contributed by atoms with Crippen LogP contribution in [0.1, 0.15) is 32.3 Å². The number of halogens is 2. The van der Waals surface area contributed by atoms with Gasteiger partial charge in [-0.2, -0.15) is 4.31 Å². The zero-order valence-corrected chi connectivity index (χ0v) is 13.8. The van der Waals surface area contributed by atoms with Gasteiger partial charge in [-0.15, -0.1) is 0 Å². The van der Waals surface area contributed by atoms with Crippen LogP contribution in [0, 0.1) is 12.7 Å². The highest BCUT2D eigenvalue weighted by Crippen LogP contribution is 2.35. The topological polar surface area (TPSA) is 57.6 Å². The number of aliphatic hydroxyl groups is 1. The van der Waals surface area contributed by atoms with Gasteiger partial charge < -0.3 is 5.11 Å². The molecule has 4 nitrogen and oxygen atoms in total. The summed E-state index contributed by atoms with van der Waals surface area (Å²) < 4.78 is 40.3. The van der Waals surface area contributed by atoms with Crippen LogP contribution in [0.15, 0.2) is 17.0 Å². The summed E-state index contributed by atoms with van der Waals surface area (Å²) in [5, 5.41) is 10.0. The molecule has 7 heteroatoms. The minimum atomic E-state index is -3.87. The summed E-state index contributed by atoms with van der Waals surface area (Å²) in [4.78, 5) is -0.112. The van der Waals surface area contributed by atoms with Gasteiger partial charge in [0.1, 0.15) is 10.7 Å². The van der Waals surface area contributed by atoms with Crippen LogP contribution < -0.4 is 0 Å². The molecular weight excluding hydrogens is 317 g/mol. The molecule has 1 saturated heterocycles. The molecule has 0 aliphatic carbocycles. The lowest BCUT2D eigenvalue weighted by Gasteiger charge is -2.33. The fourth-order valence-corrected chi connectivity index (χ4v) is 5.08. The minimum Gasteiger partial charge on any atom is -0.389 e. The van der Waals surface area contributed by atoms with E-state index in [9.17, 15) is 17.9 Å². The minimum absolute atomic E-state index is 0.112. The molecule has 1 atom stereocenters. The lowest BCUT2D eigenvalue weighted by atomic mass is 9.98. The van der Waals surface area contributed by atoms with Crippen molar-refractivity contribution in [3.63, 3.8) is 0 Å². The van der Waals surface area contributed by atoms with Crippen LogP contribution in [0.5, 0.6) is 0 Å². The molecule has 0 saturated carbocycles. The van der Waals surface area contributed by atoms with E-state index in [0.29, 0.717) is 19.4 Å². The third-order valence-corrected chi connectivity index (χ3v) is 6.19. The van der Waals surface area contributed by atoms with Crippen LogP contribution in [-0.2, 0) is 10.0 Å². The van der Waals surface area contributed by atoms with Gasteiger partial charge in [0.25, 0.3) is 0 Å². The number of rotatable bonds is 3. The molecule has 1 aromatic carbocycles. The molecule has 0 aromatic heterocycles. The van der Waals surface area contributed by atoms with Crippen LogP contribution in [-0.4, -0.2) is 36.0 Å². The second-order valence-electron chi connectivity index (χ2n) is 5.96. The van der Waals surface area contributed by atoms with E-state index >= 15 is 0 Å². The molecule has 1 heterocycles. The van der Waals surface area contributed by atoms with E-state index in [2.05, 4.69) is 0 Å². The average Bonchev–Trinajstić information content (AvgIpc) is 2.83. The Kier molecular flexibility index (Phi) is 4.37. The summed E-state index contributed by atoms with van der Waals surface area (Å²) in [6, 6.07) is 1.75. The van der Waals surface area contributed by atoms with Gasteiger partial charge in [-0.3, -0.25) is 0 Å². The highest BCUT2D eigenvalue weighted by atomic mass is 35.5. The normalized spacial score (nSPS) is 21.0. The summed E-state index contributed by atoms with van der Waals surface area (Å²) in [5.74, 6) is -0.542. The fraction of sp³-hybridized carbons (Fsp3) is 0.571. The number of sulfonamides is 1. The zero-order chi connectivity index (χ0) is 16.0. The largest absolute Gasteiger partial charge is 0.389 e. The van der Waals surface area contributed by atoms with E-state index in [4.69, 9.17) is 11.6 Å². The Morgan fingerprint density at radius 2 is 2.05 bits per heavy atom. The van der Waals surface area contributed by atoms with Gasteiger partial charge in [-0.1, -0.05) is 11.6 Å². The second kappa shape index (κ2) is 5.50. The number of hydrogen-bond acceptors (Lipinski definition) is 3. The molecule has 0 amide bonds. The Balaban J connectivity index is 2.50. The lowest BCUT2D eigenvalue weighted by Crippen LogP contribution is -2.48. The van der Waals surface area contributed by atoms with Crippen LogP contribution in [0.4, 0.5) is 4.39 Å². The maximum Gasteiger partial charge on any atom is 0.244 e. The summed E-state index contributed by atoms with van der Waals surface area (Å²) in [6.45, 7) is 4.98. The molecule has 1 aliphatic heterocycles. The van der Waals surface area contributed by atoms with Crippen molar-refractivity contribution in [2.75, 3.05) is 6.54 Å². The number of benzene rings is 1. The first-order valence-electron chi connectivity index (χ1n) is 6.75.